The number of carbonyl (C=O) groups excluding carboxylic acids is 3. The molecule has 0 unspecified atom stereocenters. The van der Waals surface area contributed by atoms with Crippen LogP contribution in [0, 0.1) is 10.1 Å². The Balaban J connectivity index is 0.00000481. The molecular formula is C21H27ClN10O5. The predicted molar refractivity (Wildman–Crippen MR) is 130 cm³/mol. The Morgan fingerprint density at radius 1 is 1.00 bits per heavy atom. The van der Waals surface area contributed by atoms with Crippen LogP contribution in [-0.4, -0.2) is 55.4 Å². The fourth-order valence-electron chi connectivity index (χ4n) is 3.45. The summed E-state index contributed by atoms with van der Waals surface area (Å²) >= 11 is 0. The van der Waals surface area contributed by atoms with Crippen molar-refractivity contribution < 1.29 is 36.7 Å². The minimum atomic E-state index is -0.589. The molecule has 0 aliphatic carbocycles. The van der Waals surface area contributed by atoms with Gasteiger partial charge in [-0.25, -0.2) is 0 Å². The normalized spacial score (nSPS) is 10.2. The van der Waals surface area contributed by atoms with Gasteiger partial charge in [0.1, 0.15) is 17.1 Å². The second-order valence-corrected chi connectivity index (χ2v) is 7.95. The molecule has 0 aromatic carbocycles. The van der Waals surface area contributed by atoms with Crippen molar-refractivity contribution in [3.63, 3.8) is 0 Å². The van der Waals surface area contributed by atoms with E-state index in [1.54, 1.807) is 24.9 Å². The zero-order valence-corrected chi connectivity index (χ0v) is 21.0. The molecule has 3 aromatic rings. The van der Waals surface area contributed by atoms with Crippen LogP contribution in [0.1, 0.15) is 31.5 Å². The second kappa shape index (κ2) is 11.8. The largest absolute Gasteiger partial charge is 1.00 e. The molecule has 0 radical (unpaired) electrons. The number of hydrogen-bond donors (Lipinski definition) is 6. The molecular weight excluding hydrogens is 510 g/mol. The summed E-state index contributed by atoms with van der Waals surface area (Å²) in [6.45, 7) is 0.646. The number of aromatic nitrogens is 3. The Bertz CT molecular complexity index is 1370. The number of halogens is 1. The van der Waals surface area contributed by atoms with Crippen molar-refractivity contribution in [2.24, 2.45) is 32.6 Å². The monoisotopic (exact) mass is 536 g/mol. The molecule has 0 atom stereocenters. The van der Waals surface area contributed by atoms with Gasteiger partial charge in [0.25, 0.3) is 23.4 Å². The SMILES string of the molecule is Cn1cc(NC(=O)c2cc(N[14C](=O)c3cc([N+](=O)[O-])cn3C)cn2C)cc1C(=O)NCC[NH+]=C(N)N.[Cl-]. The Morgan fingerprint density at radius 2 is 1.59 bits per heavy atom. The summed E-state index contributed by atoms with van der Waals surface area (Å²) in [5.41, 5.74) is 11.8. The number of rotatable bonds is 9. The molecule has 16 heteroatoms. The Hall–Kier alpha value is -4.79. The van der Waals surface area contributed by atoms with Gasteiger partial charge in [-0.3, -0.25) is 41.0 Å². The van der Waals surface area contributed by atoms with E-state index in [9.17, 15) is 24.5 Å². The summed E-state index contributed by atoms with van der Waals surface area (Å²) in [7, 11) is 4.81. The lowest BCUT2D eigenvalue weighted by Crippen LogP contribution is -3.00. The minimum Gasteiger partial charge on any atom is -1.00 e. The molecule has 0 aliphatic rings. The van der Waals surface area contributed by atoms with E-state index in [0.717, 1.165) is 6.07 Å². The van der Waals surface area contributed by atoms with Crippen molar-refractivity contribution in [3.8, 4) is 0 Å². The Morgan fingerprint density at radius 3 is 2.19 bits per heavy atom. The van der Waals surface area contributed by atoms with Gasteiger partial charge in [0.2, 0.25) is 0 Å². The summed E-state index contributed by atoms with van der Waals surface area (Å²) in [5.74, 6) is -1.33. The highest BCUT2D eigenvalue weighted by Crippen LogP contribution is 2.20. The van der Waals surface area contributed by atoms with Gasteiger partial charge in [0, 0.05) is 46.1 Å². The van der Waals surface area contributed by atoms with Crippen LogP contribution in [0.25, 0.3) is 0 Å². The number of guanidine groups is 1. The summed E-state index contributed by atoms with van der Waals surface area (Å²) < 4.78 is 4.43. The fraction of sp³-hybridized carbons (Fsp3) is 0.238. The molecule has 3 amide bonds. The molecule has 3 aromatic heterocycles. The third kappa shape index (κ3) is 6.88. The number of hydrogen-bond acceptors (Lipinski definition) is 5. The van der Waals surface area contributed by atoms with E-state index in [2.05, 4.69) is 20.9 Å². The zero-order valence-electron chi connectivity index (χ0n) is 20.2. The number of nitro groups is 1. The first kappa shape index (κ1) is 28.4. The van der Waals surface area contributed by atoms with Gasteiger partial charge < -0.3 is 42.1 Å². The Kier molecular flexibility index (Phi) is 9.04. The molecule has 37 heavy (non-hydrogen) atoms. The van der Waals surface area contributed by atoms with Gasteiger partial charge in [0.15, 0.2) is 0 Å². The first-order valence-corrected chi connectivity index (χ1v) is 10.6. The Labute approximate surface area is 217 Å². The van der Waals surface area contributed by atoms with Crippen LogP contribution in [0.5, 0.6) is 0 Å². The molecule has 198 valence electrons. The van der Waals surface area contributed by atoms with Crippen LogP contribution in [-0.2, 0) is 21.1 Å². The first-order valence-electron chi connectivity index (χ1n) is 10.6. The van der Waals surface area contributed by atoms with Gasteiger partial charge in [-0.15, -0.1) is 0 Å². The van der Waals surface area contributed by atoms with Crippen molar-refractivity contribution in [1.82, 2.24) is 19.0 Å². The number of carbonyl (C=O) groups is 3. The van der Waals surface area contributed by atoms with E-state index < -0.39 is 16.7 Å². The lowest BCUT2D eigenvalue weighted by atomic mass is 10.3. The average Bonchev–Trinajstić information content (AvgIpc) is 3.47. The van der Waals surface area contributed by atoms with Gasteiger partial charge in [0.05, 0.1) is 29.0 Å². The van der Waals surface area contributed by atoms with E-state index in [-0.39, 0.29) is 47.9 Å². The highest BCUT2D eigenvalue weighted by molar-refractivity contribution is 6.07. The molecule has 0 saturated carbocycles. The maximum atomic E-state index is 12.8. The van der Waals surface area contributed by atoms with Crippen LogP contribution >= 0.6 is 0 Å². The molecule has 0 spiro atoms. The zero-order chi connectivity index (χ0) is 26.6. The topological polar surface area (TPSA) is 211 Å². The standard InChI is InChI=1S/C21H26N10O5.ClH/c1-28-9-12(6-15(28)18(32)24-4-5-25-21(22)23)26-19(33)16-7-13(10-29(16)2)27-20(34)17-8-14(31(35)36)11-30(17)3;/h6-11H,4-5H2,1-3H3,(H,24,32)(H,26,33)(H,27,34)(H4,22,23,25);1H/i20+2;. The van der Waals surface area contributed by atoms with Gasteiger partial charge in [-0.05, 0) is 12.1 Å². The smallest absolute Gasteiger partial charge is 0.338 e. The number of amides is 3. The summed E-state index contributed by atoms with van der Waals surface area (Å²) in [6, 6.07) is 4.16. The second-order valence-electron chi connectivity index (χ2n) is 7.95. The van der Waals surface area contributed by atoms with Crippen molar-refractivity contribution in [1.29, 1.82) is 0 Å². The number of nitrogens with two attached hydrogens (primary N) is 2. The number of anilines is 2. The van der Waals surface area contributed by atoms with Crippen LogP contribution in [0.4, 0.5) is 17.1 Å². The number of aryl methyl sites for hydroxylation is 3. The van der Waals surface area contributed by atoms with E-state index in [0.29, 0.717) is 23.6 Å². The molecule has 15 nitrogen and oxygen atoms in total. The van der Waals surface area contributed by atoms with Gasteiger partial charge in [-0.2, -0.15) is 0 Å². The van der Waals surface area contributed by atoms with Gasteiger partial charge >= 0.3 is 5.96 Å². The van der Waals surface area contributed by atoms with Crippen molar-refractivity contribution in [2.75, 3.05) is 23.7 Å². The first-order chi connectivity index (χ1) is 17.0. The summed E-state index contributed by atoms with van der Waals surface area (Å²) in [6.07, 6.45) is 4.36. The molecule has 0 bridgehead atoms. The van der Waals surface area contributed by atoms with Crippen molar-refractivity contribution in [3.05, 3.63) is 64.0 Å². The molecule has 3 heterocycles. The maximum absolute atomic E-state index is 12.8. The van der Waals surface area contributed by atoms with Crippen LogP contribution in [0.3, 0.4) is 0 Å². The lowest BCUT2D eigenvalue weighted by molar-refractivity contribution is -0.456. The number of nitrogens with one attached hydrogen (secondary N) is 4. The fourth-order valence-corrected chi connectivity index (χ4v) is 3.45. The van der Waals surface area contributed by atoms with Crippen LogP contribution < -0.4 is 44.8 Å². The quantitative estimate of drug-likeness (QED) is 0.0515. The third-order valence-electron chi connectivity index (χ3n) is 5.16. The van der Waals surface area contributed by atoms with Crippen molar-refractivity contribution in [2.45, 2.75) is 0 Å². The number of nitrogens with zero attached hydrogens (tertiary/aromatic N) is 4. The van der Waals surface area contributed by atoms with E-state index in [1.807, 2.05) is 0 Å². The maximum Gasteiger partial charge on any atom is 0.338 e. The highest BCUT2D eigenvalue weighted by Gasteiger charge is 2.20. The van der Waals surface area contributed by atoms with Crippen molar-refractivity contribution >= 4 is 40.7 Å². The van der Waals surface area contributed by atoms with Gasteiger partial charge in [-0.1, -0.05) is 0 Å². The van der Waals surface area contributed by atoms with E-state index in [4.69, 9.17) is 11.5 Å². The average molecular weight is 537 g/mol. The molecule has 0 aliphatic heterocycles. The third-order valence-corrected chi connectivity index (χ3v) is 5.16. The van der Waals surface area contributed by atoms with E-state index >= 15 is 0 Å². The molecule has 0 saturated heterocycles. The lowest BCUT2D eigenvalue weighted by Gasteiger charge is -2.03. The molecule has 0 fully saturated rings. The molecule has 8 N–H and O–H groups in total. The van der Waals surface area contributed by atoms with E-state index in [1.165, 1.54) is 40.7 Å². The highest BCUT2D eigenvalue weighted by atomic mass is 35.5. The molecule has 3 rings (SSSR count). The summed E-state index contributed by atoms with van der Waals surface area (Å²) in [4.78, 5) is 50.8. The summed E-state index contributed by atoms with van der Waals surface area (Å²) in [5, 5.41) is 19.0. The predicted octanol–water partition coefficient (Wildman–Crippen LogP) is -4.80. The van der Waals surface area contributed by atoms with Crippen LogP contribution in [0.15, 0.2) is 36.8 Å². The minimum absolute atomic E-state index is 0. The van der Waals surface area contributed by atoms with Crippen LogP contribution in [0.2, 0.25) is 0 Å².